The number of thioether (sulfide) groups is 1. The van der Waals surface area contributed by atoms with Gasteiger partial charge in [-0.05, 0) is 26.0 Å². The van der Waals surface area contributed by atoms with Gasteiger partial charge in [-0.1, -0.05) is 25.1 Å². The van der Waals surface area contributed by atoms with Gasteiger partial charge in [0.15, 0.2) is 0 Å². The number of hydrogen-bond acceptors (Lipinski definition) is 3. The topological polar surface area (TPSA) is 54.4 Å². The number of ketones is 1. The van der Waals surface area contributed by atoms with E-state index in [0.717, 1.165) is 4.90 Å². The molecule has 1 unspecified atom stereocenters. The molecule has 0 saturated carbocycles. The summed E-state index contributed by atoms with van der Waals surface area (Å²) in [5, 5.41) is 9.09. The Morgan fingerprint density at radius 1 is 1.28 bits per heavy atom. The van der Waals surface area contributed by atoms with Crippen molar-refractivity contribution in [2.45, 2.75) is 25.7 Å². The van der Waals surface area contributed by atoms with Gasteiger partial charge < -0.3 is 5.11 Å². The summed E-state index contributed by atoms with van der Waals surface area (Å²) in [5.74, 6) is -1.16. The van der Waals surface area contributed by atoms with Crippen molar-refractivity contribution >= 4 is 23.5 Å². The van der Waals surface area contributed by atoms with Crippen molar-refractivity contribution in [3.8, 4) is 0 Å². The lowest BCUT2D eigenvalue weighted by Crippen LogP contribution is -2.36. The largest absolute Gasteiger partial charge is 0.481 e. The van der Waals surface area contributed by atoms with E-state index in [1.54, 1.807) is 20.8 Å². The maximum atomic E-state index is 12.0. The fraction of sp³-hybridized carbons (Fsp3) is 0.429. The first-order valence-electron chi connectivity index (χ1n) is 5.79. The monoisotopic (exact) mass is 266 g/mol. The fourth-order valence-electron chi connectivity index (χ4n) is 1.38. The molecule has 1 aromatic carbocycles. The quantitative estimate of drug-likeness (QED) is 0.804. The zero-order valence-electron chi connectivity index (χ0n) is 10.8. The fourth-order valence-corrected chi connectivity index (χ4v) is 2.29. The summed E-state index contributed by atoms with van der Waals surface area (Å²) in [7, 11) is 0. The molecule has 0 aliphatic rings. The van der Waals surface area contributed by atoms with Crippen LogP contribution in [0.2, 0.25) is 0 Å². The van der Waals surface area contributed by atoms with Gasteiger partial charge in [0.1, 0.15) is 5.78 Å². The summed E-state index contributed by atoms with van der Waals surface area (Å²) in [6.07, 6.45) is 0. The van der Waals surface area contributed by atoms with Crippen molar-refractivity contribution < 1.29 is 14.7 Å². The maximum absolute atomic E-state index is 12.0. The molecule has 0 aliphatic carbocycles. The molecule has 0 aromatic heterocycles. The molecule has 1 rings (SSSR count). The predicted molar refractivity (Wildman–Crippen MR) is 72.8 cm³/mol. The SMILES string of the molecule is CC(C(=O)CSc1ccccc1)C(C)(C)C(=O)O. The molecular formula is C14H18O3S. The van der Waals surface area contributed by atoms with Crippen LogP contribution in [0.25, 0.3) is 0 Å². The van der Waals surface area contributed by atoms with Crippen LogP contribution in [-0.2, 0) is 9.59 Å². The molecule has 98 valence electrons. The lowest BCUT2D eigenvalue weighted by atomic mass is 9.78. The number of hydrogen-bond donors (Lipinski definition) is 1. The van der Waals surface area contributed by atoms with Gasteiger partial charge in [0.25, 0.3) is 0 Å². The summed E-state index contributed by atoms with van der Waals surface area (Å²) in [6, 6.07) is 9.62. The van der Waals surface area contributed by atoms with Gasteiger partial charge in [-0.2, -0.15) is 0 Å². The van der Waals surface area contributed by atoms with Crippen LogP contribution in [0.1, 0.15) is 20.8 Å². The molecule has 1 aromatic rings. The second-order valence-corrected chi connectivity index (χ2v) is 5.87. The Bertz CT molecular complexity index is 426. The maximum Gasteiger partial charge on any atom is 0.309 e. The van der Waals surface area contributed by atoms with Gasteiger partial charge in [0.05, 0.1) is 11.2 Å². The third-order valence-electron chi connectivity index (χ3n) is 3.24. The lowest BCUT2D eigenvalue weighted by Gasteiger charge is -2.25. The van der Waals surface area contributed by atoms with Crippen LogP contribution in [0.4, 0.5) is 0 Å². The molecule has 0 aliphatic heterocycles. The highest BCUT2D eigenvalue weighted by atomic mass is 32.2. The lowest BCUT2D eigenvalue weighted by molar-refractivity contribution is -0.152. The summed E-state index contributed by atoms with van der Waals surface area (Å²) in [6.45, 7) is 4.86. The average molecular weight is 266 g/mol. The van der Waals surface area contributed by atoms with Crippen molar-refractivity contribution in [3.05, 3.63) is 30.3 Å². The van der Waals surface area contributed by atoms with E-state index in [2.05, 4.69) is 0 Å². The molecule has 0 heterocycles. The number of Topliss-reactive ketones (excluding diaryl/α,β-unsaturated/α-hetero) is 1. The van der Waals surface area contributed by atoms with Gasteiger partial charge in [0, 0.05) is 10.8 Å². The first-order valence-corrected chi connectivity index (χ1v) is 6.78. The van der Waals surface area contributed by atoms with Crippen LogP contribution in [0.15, 0.2) is 35.2 Å². The number of carbonyl (C=O) groups excluding carboxylic acids is 1. The molecular weight excluding hydrogens is 248 g/mol. The van der Waals surface area contributed by atoms with E-state index in [0.29, 0.717) is 5.75 Å². The zero-order chi connectivity index (χ0) is 13.8. The Morgan fingerprint density at radius 3 is 2.33 bits per heavy atom. The Morgan fingerprint density at radius 2 is 1.83 bits per heavy atom. The van der Waals surface area contributed by atoms with Crippen LogP contribution in [0.5, 0.6) is 0 Å². The molecule has 0 spiro atoms. The van der Waals surface area contributed by atoms with Gasteiger partial charge in [-0.25, -0.2) is 0 Å². The Balaban J connectivity index is 2.59. The normalized spacial score (nSPS) is 13.1. The van der Waals surface area contributed by atoms with Crippen LogP contribution < -0.4 is 0 Å². The van der Waals surface area contributed by atoms with Gasteiger partial charge in [0.2, 0.25) is 0 Å². The van der Waals surface area contributed by atoms with E-state index in [-0.39, 0.29) is 5.78 Å². The van der Waals surface area contributed by atoms with E-state index in [4.69, 9.17) is 5.11 Å². The second kappa shape index (κ2) is 6.05. The van der Waals surface area contributed by atoms with Gasteiger partial charge in [-0.15, -0.1) is 11.8 Å². The highest BCUT2D eigenvalue weighted by Gasteiger charge is 2.37. The molecule has 0 amide bonds. The first kappa shape index (κ1) is 14.8. The number of carbonyl (C=O) groups is 2. The molecule has 0 fully saturated rings. The number of aliphatic carboxylic acids is 1. The Kier molecular flexibility index (Phi) is 4.96. The third-order valence-corrected chi connectivity index (χ3v) is 4.28. The molecule has 4 heteroatoms. The first-order chi connectivity index (χ1) is 8.35. The average Bonchev–Trinajstić information content (AvgIpc) is 2.36. The zero-order valence-corrected chi connectivity index (χ0v) is 11.7. The van der Waals surface area contributed by atoms with Crippen molar-refractivity contribution in [1.29, 1.82) is 0 Å². The molecule has 1 N–H and O–H groups in total. The van der Waals surface area contributed by atoms with Crippen molar-refractivity contribution in [1.82, 2.24) is 0 Å². The van der Waals surface area contributed by atoms with Crippen LogP contribution >= 0.6 is 11.8 Å². The number of rotatable bonds is 6. The molecule has 1 atom stereocenters. The highest BCUT2D eigenvalue weighted by molar-refractivity contribution is 8.00. The van der Waals surface area contributed by atoms with Gasteiger partial charge in [-0.3, -0.25) is 9.59 Å². The number of carboxylic acid groups (broad SMARTS) is 1. The molecule has 0 bridgehead atoms. The molecule has 0 radical (unpaired) electrons. The highest BCUT2D eigenvalue weighted by Crippen LogP contribution is 2.29. The number of carboxylic acids is 1. The predicted octanol–water partition coefficient (Wildman–Crippen LogP) is 3.09. The van der Waals surface area contributed by atoms with E-state index >= 15 is 0 Å². The summed E-state index contributed by atoms with van der Waals surface area (Å²) in [5.41, 5.74) is -1.02. The van der Waals surface area contributed by atoms with Crippen LogP contribution in [-0.4, -0.2) is 22.6 Å². The summed E-state index contributed by atoms with van der Waals surface area (Å²) < 4.78 is 0. The smallest absolute Gasteiger partial charge is 0.309 e. The Labute approximate surface area is 112 Å². The second-order valence-electron chi connectivity index (χ2n) is 4.82. The van der Waals surface area contributed by atoms with Crippen LogP contribution in [0, 0.1) is 11.3 Å². The minimum Gasteiger partial charge on any atom is -0.481 e. The Hall–Kier alpha value is -1.29. The third kappa shape index (κ3) is 3.60. The van der Waals surface area contributed by atoms with Crippen molar-refractivity contribution in [2.75, 3.05) is 5.75 Å². The van der Waals surface area contributed by atoms with Gasteiger partial charge >= 0.3 is 5.97 Å². The van der Waals surface area contributed by atoms with Crippen molar-refractivity contribution in [2.24, 2.45) is 11.3 Å². The molecule has 18 heavy (non-hydrogen) atoms. The van der Waals surface area contributed by atoms with E-state index in [9.17, 15) is 9.59 Å². The molecule has 0 saturated heterocycles. The summed E-state index contributed by atoms with van der Waals surface area (Å²) in [4.78, 5) is 24.1. The van der Waals surface area contributed by atoms with E-state index in [1.807, 2.05) is 30.3 Å². The summed E-state index contributed by atoms with van der Waals surface area (Å²) >= 11 is 1.44. The minimum absolute atomic E-state index is 0.0312. The molecule has 3 nitrogen and oxygen atoms in total. The minimum atomic E-state index is -1.02. The standard InChI is InChI=1S/C14H18O3S/c1-10(14(2,3)13(16)17)12(15)9-18-11-7-5-4-6-8-11/h4-8,10H,9H2,1-3H3,(H,16,17). The van der Waals surface area contributed by atoms with Crippen LogP contribution in [0.3, 0.4) is 0 Å². The van der Waals surface area contributed by atoms with Crippen molar-refractivity contribution in [3.63, 3.8) is 0 Å². The number of benzene rings is 1. The van der Waals surface area contributed by atoms with E-state index in [1.165, 1.54) is 11.8 Å². The van der Waals surface area contributed by atoms with E-state index < -0.39 is 17.3 Å².